The van der Waals surface area contributed by atoms with Crippen LogP contribution in [0.25, 0.3) is 0 Å². The average Bonchev–Trinajstić information content (AvgIpc) is 2.64. The highest BCUT2D eigenvalue weighted by Gasteiger charge is 2.17. The second-order valence-electron chi connectivity index (χ2n) is 6.29. The van der Waals surface area contributed by atoms with Gasteiger partial charge in [-0.25, -0.2) is 0 Å². The highest BCUT2D eigenvalue weighted by atomic mass is 16.1. The number of carbonyl (C=O) groups is 1. The Morgan fingerprint density at radius 2 is 1.38 bits per heavy atom. The van der Waals surface area contributed by atoms with Crippen LogP contribution in [0.3, 0.4) is 0 Å². The molecule has 0 bridgehead atoms. The van der Waals surface area contributed by atoms with Gasteiger partial charge in [-0.15, -0.1) is 0 Å². The van der Waals surface area contributed by atoms with Crippen LogP contribution in [0.5, 0.6) is 0 Å². The van der Waals surface area contributed by atoms with Crippen LogP contribution in [0.2, 0.25) is 0 Å². The first-order valence-electron chi connectivity index (χ1n) is 8.41. The predicted octanol–water partition coefficient (Wildman–Crippen LogP) is 5.59. The van der Waals surface area contributed by atoms with Gasteiger partial charge in [0.2, 0.25) is 0 Å². The van der Waals surface area contributed by atoms with Gasteiger partial charge in [-0.05, 0) is 30.4 Å². The monoisotopic (exact) mass is 314 g/mol. The summed E-state index contributed by atoms with van der Waals surface area (Å²) in [5, 5.41) is 0. The van der Waals surface area contributed by atoms with Crippen LogP contribution in [0.4, 0.5) is 0 Å². The molecule has 3 rings (SSSR count). The third-order valence-corrected chi connectivity index (χ3v) is 4.40. The molecule has 0 aliphatic carbocycles. The molecule has 24 heavy (non-hydrogen) atoms. The van der Waals surface area contributed by atoms with Crippen molar-refractivity contribution >= 4 is 5.78 Å². The van der Waals surface area contributed by atoms with Gasteiger partial charge in [0.05, 0.1) is 0 Å². The zero-order valence-corrected chi connectivity index (χ0v) is 14.0. The van der Waals surface area contributed by atoms with Crippen molar-refractivity contribution in [2.75, 3.05) is 0 Å². The highest BCUT2D eigenvalue weighted by molar-refractivity contribution is 5.96. The van der Waals surface area contributed by atoms with Crippen molar-refractivity contribution in [2.45, 2.75) is 25.7 Å². The molecule has 0 heterocycles. The lowest BCUT2D eigenvalue weighted by atomic mass is 9.86. The second kappa shape index (κ2) is 7.74. The van der Waals surface area contributed by atoms with Gasteiger partial charge in [0.1, 0.15) is 0 Å². The van der Waals surface area contributed by atoms with Crippen LogP contribution in [-0.4, -0.2) is 5.78 Å². The molecule has 1 heteroatoms. The Bertz CT molecular complexity index is 773. The van der Waals surface area contributed by atoms with E-state index in [1.807, 2.05) is 48.5 Å². The van der Waals surface area contributed by atoms with Crippen LogP contribution in [0, 0.1) is 6.92 Å². The number of aryl methyl sites for hydroxylation is 1. The molecule has 0 saturated heterocycles. The summed E-state index contributed by atoms with van der Waals surface area (Å²) in [6, 6.07) is 28.5. The van der Waals surface area contributed by atoms with Crippen molar-refractivity contribution in [3.05, 3.63) is 107 Å². The third kappa shape index (κ3) is 4.20. The fourth-order valence-corrected chi connectivity index (χ4v) is 3.01. The molecule has 0 fully saturated rings. The van der Waals surface area contributed by atoms with Gasteiger partial charge in [0.25, 0.3) is 0 Å². The Morgan fingerprint density at radius 3 is 2.00 bits per heavy atom. The molecule has 0 aliphatic heterocycles. The molecule has 0 amide bonds. The smallest absolute Gasteiger partial charge is 0.163 e. The Balaban J connectivity index is 1.82. The molecule has 0 N–H and O–H groups in total. The number of Topliss-reactive ketones (excluding diaryl/α,β-unsaturated/α-hetero) is 1. The first kappa shape index (κ1) is 16.2. The van der Waals surface area contributed by atoms with Crippen LogP contribution in [0.1, 0.15) is 39.4 Å². The van der Waals surface area contributed by atoms with E-state index in [1.54, 1.807) is 0 Å². The van der Waals surface area contributed by atoms with Gasteiger partial charge in [-0.2, -0.15) is 0 Å². The molecule has 0 spiro atoms. The topological polar surface area (TPSA) is 17.1 Å². The summed E-state index contributed by atoms with van der Waals surface area (Å²) in [6.07, 6.45) is 1.41. The molecule has 0 radical (unpaired) electrons. The van der Waals surface area contributed by atoms with Crippen LogP contribution in [-0.2, 0) is 6.42 Å². The summed E-state index contributed by atoms with van der Waals surface area (Å²) < 4.78 is 0. The summed E-state index contributed by atoms with van der Waals surface area (Å²) in [5.41, 5.74) is 4.55. The van der Waals surface area contributed by atoms with Crippen molar-refractivity contribution in [1.82, 2.24) is 0 Å². The first-order chi connectivity index (χ1) is 11.7. The first-order valence-corrected chi connectivity index (χ1v) is 8.41. The van der Waals surface area contributed by atoms with E-state index < -0.39 is 0 Å². The second-order valence-corrected chi connectivity index (χ2v) is 6.29. The average molecular weight is 314 g/mol. The van der Waals surface area contributed by atoms with Gasteiger partial charge in [0, 0.05) is 12.0 Å². The van der Waals surface area contributed by atoms with Crippen molar-refractivity contribution in [2.24, 2.45) is 0 Å². The minimum atomic E-state index is 0.196. The molecule has 1 atom stereocenters. The van der Waals surface area contributed by atoms with E-state index in [0.29, 0.717) is 6.42 Å². The van der Waals surface area contributed by atoms with Crippen LogP contribution >= 0.6 is 0 Å². The molecule has 1 nitrogen and oxygen atoms in total. The fraction of sp³-hybridized carbons (Fsp3) is 0.174. The van der Waals surface area contributed by atoms with E-state index in [4.69, 9.17) is 0 Å². The SMILES string of the molecule is Cc1ccc(CC(CC(=O)c2ccccc2)c2ccccc2)cc1. The number of rotatable bonds is 6. The minimum absolute atomic E-state index is 0.196. The lowest BCUT2D eigenvalue weighted by Crippen LogP contribution is -2.10. The van der Waals surface area contributed by atoms with Gasteiger partial charge in [-0.1, -0.05) is 90.5 Å². The van der Waals surface area contributed by atoms with Gasteiger partial charge in [0.15, 0.2) is 5.78 Å². The lowest BCUT2D eigenvalue weighted by Gasteiger charge is -2.17. The number of ketones is 1. The van der Waals surface area contributed by atoms with Crippen molar-refractivity contribution < 1.29 is 4.79 Å². The van der Waals surface area contributed by atoms with Crippen LogP contribution in [0.15, 0.2) is 84.9 Å². The molecule has 0 aliphatic rings. The van der Waals surface area contributed by atoms with E-state index >= 15 is 0 Å². The summed E-state index contributed by atoms with van der Waals surface area (Å²) >= 11 is 0. The number of hydrogen-bond acceptors (Lipinski definition) is 1. The number of carbonyl (C=O) groups excluding carboxylic acids is 1. The Morgan fingerprint density at radius 1 is 0.792 bits per heavy atom. The van der Waals surface area contributed by atoms with Gasteiger partial charge in [-0.3, -0.25) is 4.79 Å². The Labute approximate surface area is 144 Å². The fourth-order valence-electron chi connectivity index (χ4n) is 3.01. The standard InChI is InChI=1S/C23H22O/c1-18-12-14-19(15-13-18)16-22(20-8-4-2-5-9-20)17-23(24)21-10-6-3-7-11-21/h2-15,22H,16-17H2,1H3. The summed E-state index contributed by atoms with van der Waals surface area (Å²) in [6.45, 7) is 2.09. The molecular formula is C23H22O. The predicted molar refractivity (Wildman–Crippen MR) is 99.5 cm³/mol. The van der Waals surface area contributed by atoms with Crippen LogP contribution < -0.4 is 0 Å². The number of benzene rings is 3. The molecule has 0 aromatic heterocycles. The maximum absolute atomic E-state index is 12.7. The molecule has 0 saturated carbocycles. The largest absolute Gasteiger partial charge is 0.294 e. The molecular weight excluding hydrogens is 292 g/mol. The zero-order valence-electron chi connectivity index (χ0n) is 14.0. The van der Waals surface area contributed by atoms with Gasteiger partial charge >= 0.3 is 0 Å². The molecule has 120 valence electrons. The van der Waals surface area contributed by atoms with Crippen molar-refractivity contribution in [3.63, 3.8) is 0 Å². The van der Waals surface area contributed by atoms with E-state index in [-0.39, 0.29) is 11.7 Å². The maximum Gasteiger partial charge on any atom is 0.163 e. The summed E-state index contributed by atoms with van der Waals surface area (Å²) in [5.74, 6) is 0.401. The highest BCUT2D eigenvalue weighted by Crippen LogP contribution is 2.26. The van der Waals surface area contributed by atoms with E-state index in [1.165, 1.54) is 16.7 Å². The van der Waals surface area contributed by atoms with E-state index in [9.17, 15) is 4.79 Å². The quantitative estimate of drug-likeness (QED) is 0.542. The normalized spacial score (nSPS) is 11.9. The lowest BCUT2D eigenvalue weighted by molar-refractivity contribution is 0.0973. The Kier molecular flexibility index (Phi) is 5.22. The van der Waals surface area contributed by atoms with Crippen molar-refractivity contribution in [3.8, 4) is 0 Å². The minimum Gasteiger partial charge on any atom is -0.294 e. The maximum atomic E-state index is 12.7. The van der Waals surface area contributed by atoms with Crippen molar-refractivity contribution in [1.29, 1.82) is 0 Å². The number of hydrogen-bond donors (Lipinski definition) is 0. The van der Waals surface area contributed by atoms with E-state index in [2.05, 4.69) is 43.3 Å². The van der Waals surface area contributed by atoms with E-state index in [0.717, 1.165) is 12.0 Å². The van der Waals surface area contributed by atoms with Gasteiger partial charge < -0.3 is 0 Å². The Hall–Kier alpha value is -2.67. The molecule has 3 aromatic rings. The summed E-state index contributed by atoms with van der Waals surface area (Å²) in [7, 11) is 0. The zero-order chi connectivity index (χ0) is 16.8. The molecule has 1 unspecified atom stereocenters. The third-order valence-electron chi connectivity index (χ3n) is 4.40. The summed E-state index contributed by atoms with van der Waals surface area (Å²) in [4.78, 5) is 12.7. The molecule has 3 aromatic carbocycles.